The van der Waals surface area contributed by atoms with E-state index in [9.17, 15) is 0 Å². The van der Waals surface area contributed by atoms with Crippen molar-refractivity contribution in [1.82, 2.24) is 0 Å². The van der Waals surface area contributed by atoms with Gasteiger partial charge in [-0.3, -0.25) is 0 Å². The van der Waals surface area contributed by atoms with E-state index in [2.05, 4.69) is 56.0 Å². The van der Waals surface area contributed by atoms with E-state index in [1.807, 2.05) is 0 Å². The average molecular weight is 519 g/mol. The van der Waals surface area contributed by atoms with Gasteiger partial charge in [-0.25, -0.2) is 0 Å². The Balaban J connectivity index is 0.000000284. The van der Waals surface area contributed by atoms with Crippen LogP contribution in [0, 0.1) is 0 Å². The van der Waals surface area contributed by atoms with Crippen LogP contribution in [0.25, 0.3) is 0 Å². The molecule has 0 unspecified atom stereocenters. The van der Waals surface area contributed by atoms with Crippen molar-refractivity contribution in [3.8, 4) is 0 Å². The number of rotatable bonds is 5. The number of halogens is 2. The van der Waals surface area contributed by atoms with Gasteiger partial charge in [-0.15, -0.1) is 0 Å². The van der Waals surface area contributed by atoms with Crippen molar-refractivity contribution in [2.24, 2.45) is 0 Å². The molecule has 0 aliphatic heterocycles. The fourth-order valence-corrected chi connectivity index (χ4v) is 5.63. The average Bonchev–Trinajstić information content (AvgIpc) is 2.71. The summed E-state index contributed by atoms with van der Waals surface area (Å²) in [6.45, 7) is 0. The van der Waals surface area contributed by atoms with Gasteiger partial charge in [-0.05, 0) is 92.6 Å². The first-order valence-electron chi connectivity index (χ1n) is 10.8. The third-order valence-electron chi connectivity index (χ3n) is 6.26. The van der Waals surface area contributed by atoms with Gasteiger partial charge in [-0.1, -0.05) is 38.5 Å². The minimum absolute atomic E-state index is 0.278. The van der Waals surface area contributed by atoms with Gasteiger partial charge in [0.1, 0.15) is 0 Å². The second-order valence-corrected chi connectivity index (χ2v) is 10.4. The third kappa shape index (κ3) is 8.08. The van der Waals surface area contributed by atoms with E-state index < -0.39 is 12.8 Å². The molecule has 0 bridgehead atoms. The van der Waals surface area contributed by atoms with Gasteiger partial charge >= 0.3 is 68.2 Å². The minimum atomic E-state index is -0.553. The van der Waals surface area contributed by atoms with Crippen molar-refractivity contribution in [3.05, 3.63) is 32.2 Å². The molecule has 0 amide bonds. The molecule has 1 aromatic rings. The molecule has 1 aromatic carbocycles. The predicted molar refractivity (Wildman–Crippen MR) is 147 cm³/mol. The van der Waals surface area contributed by atoms with Gasteiger partial charge in [0.15, 0.2) is 0 Å². The monoisotopic (exact) mass is 518 g/mol. The quantitative estimate of drug-likeness (QED) is 0.499. The molecule has 2 fully saturated rings. The number of hydrogen-bond donors (Lipinski definition) is 0. The third-order valence-corrected chi connectivity index (χ3v) is 8.42. The molecule has 3 rings (SSSR count). The van der Waals surface area contributed by atoms with Crippen LogP contribution in [0.2, 0.25) is 0 Å². The van der Waals surface area contributed by atoms with E-state index in [-0.39, 0.29) is 6.39 Å². The summed E-state index contributed by atoms with van der Waals surface area (Å²) in [4.78, 5) is 0. The summed E-state index contributed by atoms with van der Waals surface area (Å²) in [5, 5.41) is 0. The van der Waals surface area contributed by atoms with E-state index in [0.29, 0.717) is 0 Å². The first-order chi connectivity index (χ1) is 13.8. The first-order valence-corrected chi connectivity index (χ1v) is 12.9. The maximum absolute atomic E-state index is 5.27. The zero-order valence-corrected chi connectivity index (χ0v) is 21.2. The Morgan fingerprint density at radius 3 is 1.31 bits per heavy atom. The van der Waals surface area contributed by atoms with Gasteiger partial charge in [0.2, 0.25) is 0 Å². The molecule has 0 spiro atoms. The van der Waals surface area contributed by atoms with Crippen LogP contribution in [-0.4, -0.2) is 56.1 Å². The number of benzene rings is 1. The first kappa shape index (κ1) is 26.2. The Labute approximate surface area is 207 Å². The second-order valence-electron chi connectivity index (χ2n) is 8.43. The van der Waals surface area contributed by atoms with Crippen molar-refractivity contribution in [1.29, 1.82) is 0 Å². The van der Waals surface area contributed by atoms with Crippen molar-refractivity contribution < 1.29 is 0 Å². The summed E-state index contributed by atoms with van der Waals surface area (Å²) in [7, 11) is 21.1. The van der Waals surface area contributed by atoms with Crippen molar-refractivity contribution >= 4 is 100 Å². The zero-order valence-electron chi connectivity index (χ0n) is 17.2. The van der Waals surface area contributed by atoms with Crippen LogP contribution >= 0.6 is 43.9 Å². The molecule has 2 aliphatic carbocycles. The molecule has 0 atom stereocenters. The van der Waals surface area contributed by atoms with Gasteiger partial charge < -0.3 is 0 Å². The van der Waals surface area contributed by atoms with Crippen molar-refractivity contribution in [2.45, 2.75) is 76.0 Å². The van der Waals surface area contributed by atoms with Crippen LogP contribution in [-0.2, 0) is 0 Å². The van der Waals surface area contributed by atoms with Crippen molar-refractivity contribution in [2.75, 3.05) is 0 Å². The molecule has 140 valence electrons. The van der Waals surface area contributed by atoms with E-state index in [1.165, 1.54) is 79.2 Å². The standard InChI is InChI=1S/C18H24Br2.B8S/c19-17-11-15(13-7-3-1-4-8-13)16(12-18(17)20)14-9-5-2-6-10-14;1-6(2)8(5-9)7(3)4/h11-14H,1-10H2;. The maximum atomic E-state index is 5.27. The van der Waals surface area contributed by atoms with E-state index >= 15 is 0 Å². The molecule has 2 aliphatic rings. The Hall–Kier alpha value is 0.919. The molecular formula is C18H24B8Br2S. The molecule has 0 heterocycles. The van der Waals surface area contributed by atoms with Crippen molar-refractivity contribution in [3.63, 3.8) is 0 Å². The molecule has 8 radical (unpaired) electrons. The SMILES string of the molecule is Brc1cc(C2CCCCC2)c(C2CCCCC2)cc1Br.[B]B([B])B(B=S)B([B])[B]. The molecule has 11 heteroatoms. The number of hydrogen-bond acceptors (Lipinski definition) is 1. The molecule has 0 aromatic heterocycles. The normalized spacial score (nSPS) is 17.6. The fourth-order valence-electron chi connectivity index (χ4n) is 4.55. The summed E-state index contributed by atoms with van der Waals surface area (Å²) in [6.07, 6.45) is 12.8. The van der Waals surface area contributed by atoms with Crippen LogP contribution in [0.5, 0.6) is 0 Å². The van der Waals surface area contributed by atoms with Gasteiger partial charge in [0.05, 0.1) is 0 Å². The van der Waals surface area contributed by atoms with Crippen LogP contribution in [0.3, 0.4) is 0 Å². The Kier molecular flexibility index (Phi) is 12.2. The Bertz CT molecular complexity index is 598. The molecule has 0 N–H and O–H groups in total. The molecular weight excluding hydrogens is 495 g/mol. The second kappa shape index (κ2) is 13.5. The zero-order chi connectivity index (χ0) is 21.4. The molecule has 29 heavy (non-hydrogen) atoms. The van der Waals surface area contributed by atoms with Crippen LogP contribution in [0.4, 0.5) is 0 Å². The van der Waals surface area contributed by atoms with E-state index in [0.717, 1.165) is 11.8 Å². The summed E-state index contributed by atoms with van der Waals surface area (Å²) >= 11 is 12.0. The predicted octanol–water partition coefficient (Wildman–Crippen LogP) is 4.91. The van der Waals surface area contributed by atoms with Crippen LogP contribution in [0.15, 0.2) is 21.1 Å². The molecule has 0 saturated heterocycles. The Morgan fingerprint density at radius 1 is 0.724 bits per heavy atom. The van der Waals surface area contributed by atoms with Crippen LogP contribution < -0.4 is 0 Å². The molecule has 2 saturated carbocycles. The summed E-state index contributed by atoms with van der Waals surface area (Å²) < 4.78 is 2.47. The van der Waals surface area contributed by atoms with Crippen LogP contribution in [0.1, 0.15) is 87.2 Å². The topological polar surface area (TPSA) is 0 Å². The van der Waals surface area contributed by atoms with Gasteiger partial charge in [-0.2, -0.15) is 0 Å². The summed E-state index contributed by atoms with van der Waals surface area (Å²) in [5.41, 5.74) is 3.32. The Morgan fingerprint density at radius 2 is 1.07 bits per heavy atom. The van der Waals surface area contributed by atoms with E-state index in [4.69, 9.17) is 30.9 Å². The van der Waals surface area contributed by atoms with Gasteiger partial charge in [0, 0.05) is 8.95 Å². The fraction of sp³-hybridized carbons (Fsp3) is 0.667. The molecule has 0 nitrogen and oxygen atoms in total. The van der Waals surface area contributed by atoms with E-state index in [1.54, 1.807) is 11.1 Å². The van der Waals surface area contributed by atoms with Gasteiger partial charge in [0.25, 0.3) is 0 Å². The summed E-state index contributed by atoms with van der Waals surface area (Å²) in [5.74, 6) is 1.62. The summed E-state index contributed by atoms with van der Waals surface area (Å²) in [6, 6.07) is 6.24.